The summed E-state index contributed by atoms with van der Waals surface area (Å²) >= 11 is 0. The van der Waals surface area contributed by atoms with Crippen LogP contribution in [-0.4, -0.2) is 46.0 Å². The number of hydrogen-bond acceptors (Lipinski definition) is 6. The number of aromatic nitrogens is 7. The lowest BCUT2D eigenvalue weighted by molar-refractivity contribution is 0.0944. The van der Waals surface area contributed by atoms with Crippen molar-refractivity contribution in [1.82, 2.24) is 38.9 Å². The monoisotopic (exact) mass is 444 g/mol. The van der Waals surface area contributed by atoms with E-state index in [1.807, 2.05) is 16.8 Å². The minimum absolute atomic E-state index is 0.170. The highest BCUT2D eigenvalue weighted by molar-refractivity contribution is 5.98. The maximum atomic E-state index is 13.1. The van der Waals surface area contributed by atoms with Crippen molar-refractivity contribution in [2.24, 2.45) is 0 Å². The standard InChI is InChI=1S/C23H24N8O2/c1-2-3-10-29-18(12-17-20(29)28-19-8-4-5-11-30(19)22(17)33)21(32)24-9-6-7-16-13-25-23-26-15-27-31(23)14-16/h4-5,8,11-15H,2-3,6-7,9-10H2,1H3,(H,24,32). The smallest absolute Gasteiger partial charge is 0.267 e. The number of nitrogens with one attached hydrogen (secondary N) is 1. The molecule has 0 aliphatic rings. The molecule has 5 heterocycles. The molecule has 5 aromatic rings. The van der Waals surface area contributed by atoms with Gasteiger partial charge in [-0.05, 0) is 43.0 Å². The average molecular weight is 444 g/mol. The number of carbonyl (C=O) groups is 1. The van der Waals surface area contributed by atoms with Gasteiger partial charge in [0, 0.05) is 31.7 Å². The van der Waals surface area contributed by atoms with Crippen molar-refractivity contribution in [3.8, 4) is 0 Å². The second-order valence-electron chi connectivity index (χ2n) is 7.94. The molecule has 168 valence electrons. The number of unbranched alkanes of at least 4 members (excludes halogenated alkanes) is 1. The number of amides is 1. The highest BCUT2D eigenvalue weighted by Gasteiger charge is 2.19. The molecule has 0 atom stereocenters. The molecule has 0 saturated heterocycles. The molecule has 33 heavy (non-hydrogen) atoms. The van der Waals surface area contributed by atoms with Gasteiger partial charge in [0.25, 0.3) is 17.2 Å². The fraction of sp³-hybridized carbons (Fsp3) is 0.304. The molecule has 1 amide bonds. The minimum atomic E-state index is -0.206. The van der Waals surface area contributed by atoms with E-state index in [9.17, 15) is 9.59 Å². The molecular formula is C23H24N8O2. The van der Waals surface area contributed by atoms with Crippen LogP contribution >= 0.6 is 0 Å². The van der Waals surface area contributed by atoms with Gasteiger partial charge in [-0.15, -0.1) is 0 Å². The SMILES string of the molecule is CCCCn1c(C(=O)NCCCc2cnc3ncnn3c2)cc2c(=O)n3ccccc3nc21. The van der Waals surface area contributed by atoms with Gasteiger partial charge >= 0.3 is 0 Å². The first-order valence-corrected chi connectivity index (χ1v) is 11.1. The van der Waals surface area contributed by atoms with E-state index in [2.05, 4.69) is 32.3 Å². The maximum absolute atomic E-state index is 13.1. The number of pyridine rings is 1. The Kier molecular flexibility index (Phi) is 5.55. The largest absolute Gasteiger partial charge is 0.351 e. The second-order valence-corrected chi connectivity index (χ2v) is 7.94. The summed E-state index contributed by atoms with van der Waals surface area (Å²) in [6.45, 7) is 3.22. The Hall–Kier alpha value is -4.08. The van der Waals surface area contributed by atoms with Crippen molar-refractivity contribution in [1.29, 1.82) is 0 Å². The average Bonchev–Trinajstić information content (AvgIpc) is 3.45. The molecule has 0 radical (unpaired) electrons. The normalized spacial score (nSPS) is 11.5. The molecule has 0 aliphatic carbocycles. The zero-order chi connectivity index (χ0) is 22.8. The summed E-state index contributed by atoms with van der Waals surface area (Å²) in [7, 11) is 0. The van der Waals surface area contributed by atoms with E-state index < -0.39 is 0 Å². The first-order valence-electron chi connectivity index (χ1n) is 11.1. The minimum Gasteiger partial charge on any atom is -0.351 e. The summed E-state index contributed by atoms with van der Waals surface area (Å²) in [6, 6.07) is 7.09. The second kappa shape index (κ2) is 8.81. The van der Waals surface area contributed by atoms with E-state index in [-0.39, 0.29) is 11.5 Å². The van der Waals surface area contributed by atoms with Gasteiger partial charge in [0.05, 0.1) is 5.39 Å². The summed E-state index contributed by atoms with van der Waals surface area (Å²) in [5, 5.41) is 7.53. The van der Waals surface area contributed by atoms with Gasteiger partial charge in [-0.3, -0.25) is 14.0 Å². The van der Waals surface area contributed by atoms with E-state index in [4.69, 9.17) is 0 Å². The Bertz CT molecular complexity index is 1510. The molecule has 0 saturated carbocycles. The predicted molar refractivity (Wildman–Crippen MR) is 123 cm³/mol. The summed E-state index contributed by atoms with van der Waals surface area (Å²) in [5.41, 5.74) is 2.43. The molecule has 0 aliphatic heterocycles. The number of rotatable bonds is 8. The number of hydrogen-bond donors (Lipinski definition) is 1. The first kappa shape index (κ1) is 20.8. The zero-order valence-corrected chi connectivity index (χ0v) is 18.3. The van der Waals surface area contributed by atoms with Crippen LogP contribution in [-0.2, 0) is 13.0 Å². The Balaban J connectivity index is 1.35. The van der Waals surface area contributed by atoms with Gasteiger partial charge in [0.2, 0.25) is 0 Å². The molecule has 10 nitrogen and oxygen atoms in total. The Morgan fingerprint density at radius 3 is 2.97 bits per heavy atom. The summed E-state index contributed by atoms with van der Waals surface area (Å²) < 4.78 is 5.01. The van der Waals surface area contributed by atoms with E-state index >= 15 is 0 Å². The topological polar surface area (TPSA) is 111 Å². The predicted octanol–water partition coefficient (Wildman–Crippen LogP) is 2.25. The number of carbonyl (C=O) groups excluding carboxylic acids is 1. The van der Waals surface area contributed by atoms with Crippen LogP contribution < -0.4 is 10.9 Å². The molecule has 1 N–H and O–H groups in total. The van der Waals surface area contributed by atoms with E-state index in [1.54, 1.807) is 35.1 Å². The van der Waals surface area contributed by atoms with Crippen LogP contribution in [0.4, 0.5) is 0 Å². The quantitative estimate of drug-likeness (QED) is 0.368. The lowest BCUT2D eigenvalue weighted by atomic mass is 10.2. The number of nitrogens with zero attached hydrogens (tertiary/aromatic N) is 7. The van der Waals surface area contributed by atoms with Crippen LogP contribution in [0.1, 0.15) is 42.2 Å². The molecule has 0 bridgehead atoms. The molecule has 10 heteroatoms. The molecule has 5 aromatic heterocycles. The Labute approximate surface area is 188 Å². The highest BCUT2D eigenvalue weighted by atomic mass is 16.2. The van der Waals surface area contributed by atoms with Crippen molar-refractivity contribution in [2.45, 2.75) is 39.2 Å². The first-order chi connectivity index (χ1) is 16.2. The summed E-state index contributed by atoms with van der Waals surface area (Å²) in [6.07, 6.45) is 10.2. The van der Waals surface area contributed by atoms with Gasteiger partial charge in [0.15, 0.2) is 0 Å². The van der Waals surface area contributed by atoms with Crippen LogP contribution in [0.2, 0.25) is 0 Å². The van der Waals surface area contributed by atoms with Crippen LogP contribution in [0.5, 0.6) is 0 Å². The van der Waals surface area contributed by atoms with Gasteiger partial charge in [-0.25, -0.2) is 14.5 Å². The fourth-order valence-electron chi connectivity index (χ4n) is 3.96. The molecular weight excluding hydrogens is 420 g/mol. The van der Waals surface area contributed by atoms with Crippen LogP contribution in [0.15, 0.2) is 54.0 Å². The van der Waals surface area contributed by atoms with Crippen molar-refractivity contribution >= 4 is 28.4 Å². The number of fused-ring (bicyclic) bond motifs is 3. The van der Waals surface area contributed by atoms with Gasteiger partial charge < -0.3 is 9.88 Å². The van der Waals surface area contributed by atoms with E-state index in [0.29, 0.717) is 41.2 Å². The third kappa shape index (κ3) is 3.95. The van der Waals surface area contributed by atoms with Crippen LogP contribution in [0.25, 0.3) is 22.5 Å². The van der Waals surface area contributed by atoms with Gasteiger partial charge in [-0.2, -0.15) is 10.1 Å². The van der Waals surface area contributed by atoms with Crippen LogP contribution in [0, 0.1) is 0 Å². The summed E-state index contributed by atoms with van der Waals surface area (Å²) in [4.78, 5) is 39.0. The fourth-order valence-corrected chi connectivity index (χ4v) is 3.96. The Morgan fingerprint density at radius 2 is 2.09 bits per heavy atom. The molecule has 0 spiro atoms. The highest BCUT2D eigenvalue weighted by Crippen LogP contribution is 2.18. The molecule has 0 unspecified atom stereocenters. The molecule has 5 rings (SSSR count). The maximum Gasteiger partial charge on any atom is 0.267 e. The van der Waals surface area contributed by atoms with E-state index in [1.165, 1.54) is 10.7 Å². The third-order valence-electron chi connectivity index (χ3n) is 5.66. The van der Waals surface area contributed by atoms with Crippen molar-refractivity contribution in [3.63, 3.8) is 0 Å². The number of aryl methyl sites for hydroxylation is 2. The van der Waals surface area contributed by atoms with Crippen LogP contribution in [0.3, 0.4) is 0 Å². The van der Waals surface area contributed by atoms with Gasteiger partial charge in [-0.1, -0.05) is 19.4 Å². The molecule has 0 fully saturated rings. The van der Waals surface area contributed by atoms with Crippen molar-refractivity contribution < 1.29 is 4.79 Å². The summed E-state index contributed by atoms with van der Waals surface area (Å²) in [5.74, 6) is 0.353. The van der Waals surface area contributed by atoms with Crippen molar-refractivity contribution in [2.75, 3.05) is 6.54 Å². The lowest BCUT2D eigenvalue weighted by Gasteiger charge is -2.10. The van der Waals surface area contributed by atoms with E-state index in [0.717, 1.165) is 31.2 Å². The Morgan fingerprint density at radius 1 is 1.18 bits per heavy atom. The molecule has 0 aromatic carbocycles. The van der Waals surface area contributed by atoms with Gasteiger partial charge in [0.1, 0.15) is 23.3 Å². The lowest BCUT2D eigenvalue weighted by Crippen LogP contribution is -2.27. The third-order valence-corrected chi connectivity index (χ3v) is 5.66. The zero-order valence-electron chi connectivity index (χ0n) is 18.3. The van der Waals surface area contributed by atoms with Crippen molar-refractivity contribution in [3.05, 3.63) is 70.8 Å².